The lowest BCUT2D eigenvalue weighted by Gasteiger charge is -2.11. The van der Waals surface area contributed by atoms with Crippen molar-refractivity contribution in [2.24, 2.45) is 0 Å². The summed E-state index contributed by atoms with van der Waals surface area (Å²) in [5.74, 6) is 2.51. The van der Waals surface area contributed by atoms with Crippen LogP contribution in [0.2, 0.25) is 0 Å². The molecule has 1 atom stereocenters. The molecule has 5 heteroatoms. The Kier molecular flexibility index (Phi) is 3.24. The summed E-state index contributed by atoms with van der Waals surface area (Å²) in [5.41, 5.74) is 5.71. The van der Waals surface area contributed by atoms with Crippen molar-refractivity contribution < 1.29 is 5.11 Å². The van der Waals surface area contributed by atoms with Gasteiger partial charge in [-0.2, -0.15) is 0 Å². The third kappa shape index (κ3) is 2.82. The number of anilines is 2. The average Bonchev–Trinajstić information content (AvgIpc) is 3.09. The van der Waals surface area contributed by atoms with Crippen molar-refractivity contribution in [3.63, 3.8) is 0 Å². The van der Waals surface area contributed by atoms with Crippen LogP contribution in [0, 0.1) is 0 Å². The van der Waals surface area contributed by atoms with Crippen molar-refractivity contribution in [3.05, 3.63) is 11.9 Å². The van der Waals surface area contributed by atoms with E-state index in [-0.39, 0.29) is 6.10 Å². The van der Waals surface area contributed by atoms with Crippen molar-refractivity contribution >= 4 is 11.6 Å². The minimum atomic E-state index is -0.347. The fraction of sp³-hybridized carbons (Fsp3) is 0.636. The summed E-state index contributed by atoms with van der Waals surface area (Å²) >= 11 is 0. The second-order valence-electron chi connectivity index (χ2n) is 4.25. The van der Waals surface area contributed by atoms with Crippen molar-refractivity contribution in [2.45, 2.75) is 38.2 Å². The Balaban J connectivity index is 2.02. The first kappa shape index (κ1) is 11.1. The van der Waals surface area contributed by atoms with Gasteiger partial charge >= 0.3 is 0 Å². The molecule has 2 rings (SSSR count). The van der Waals surface area contributed by atoms with Crippen molar-refractivity contribution in [2.75, 3.05) is 17.6 Å². The van der Waals surface area contributed by atoms with Gasteiger partial charge in [-0.1, -0.05) is 6.92 Å². The van der Waals surface area contributed by atoms with Gasteiger partial charge in [0.2, 0.25) is 0 Å². The highest BCUT2D eigenvalue weighted by Gasteiger charge is 2.27. The predicted octanol–water partition coefficient (Wildman–Crippen LogP) is 1.12. The number of hydrogen-bond acceptors (Lipinski definition) is 5. The predicted molar refractivity (Wildman–Crippen MR) is 63.2 cm³/mol. The van der Waals surface area contributed by atoms with Gasteiger partial charge in [0.05, 0.1) is 6.10 Å². The Morgan fingerprint density at radius 2 is 2.31 bits per heavy atom. The molecule has 0 aliphatic heterocycles. The smallest absolute Gasteiger partial charge is 0.136 e. The number of nitrogens with two attached hydrogens (primary N) is 1. The minimum Gasteiger partial charge on any atom is -0.391 e. The third-order valence-corrected chi connectivity index (χ3v) is 2.70. The molecule has 1 fully saturated rings. The number of aromatic nitrogens is 2. The topological polar surface area (TPSA) is 84.1 Å². The summed E-state index contributed by atoms with van der Waals surface area (Å²) < 4.78 is 0. The molecule has 5 nitrogen and oxygen atoms in total. The summed E-state index contributed by atoms with van der Waals surface area (Å²) in [5, 5.41) is 12.5. The fourth-order valence-electron chi connectivity index (χ4n) is 1.47. The zero-order valence-electron chi connectivity index (χ0n) is 9.48. The quantitative estimate of drug-likeness (QED) is 0.695. The highest BCUT2D eigenvalue weighted by atomic mass is 16.3. The zero-order valence-corrected chi connectivity index (χ0v) is 9.48. The number of aliphatic hydroxyl groups is 1. The minimum absolute atomic E-state index is 0.347. The van der Waals surface area contributed by atoms with Crippen LogP contribution in [0.5, 0.6) is 0 Å². The van der Waals surface area contributed by atoms with Gasteiger partial charge in [-0.05, 0) is 19.3 Å². The first-order chi connectivity index (χ1) is 7.69. The molecule has 1 heterocycles. The van der Waals surface area contributed by atoms with E-state index in [9.17, 15) is 5.11 Å². The van der Waals surface area contributed by atoms with Gasteiger partial charge in [-0.15, -0.1) is 0 Å². The Hall–Kier alpha value is -1.36. The van der Waals surface area contributed by atoms with E-state index in [1.165, 1.54) is 0 Å². The molecule has 0 radical (unpaired) electrons. The van der Waals surface area contributed by atoms with Gasteiger partial charge in [-0.3, -0.25) is 0 Å². The highest BCUT2D eigenvalue weighted by molar-refractivity contribution is 5.45. The Bertz CT molecular complexity index is 365. The molecule has 1 aromatic rings. The SMILES string of the molecule is CCC(O)CNc1cc(N)nc(C2CC2)n1. The van der Waals surface area contributed by atoms with Crippen molar-refractivity contribution in [1.82, 2.24) is 9.97 Å². The highest BCUT2D eigenvalue weighted by Crippen LogP contribution is 2.38. The number of hydrogen-bond donors (Lipinski definition) is 3. The van der Waals surface area contributed by atoms with Crippen LogP contribution in [0.3, 0.4) is 0 Å². The molecule has 0 amide bonds. The van der Waals surface area contributed by atoms with Crippen LogP contribution >= 0.6 is 0 Å². The summed E-state index contributed by atoms with van der Waals surface area (Å²) in [6.07, 6.45) is 2.69. The van der Waals surface area contributed by atoms with Crippen molar-refractivity contribution in [1.29, 1.82) is 0 Å². The number of rotatable bonds is 5. The number of nitrogens with one attached hydrogen (secondary N) is 1. The van der Waals surface area contributed by atoms with E-state index in [1.807, 2.05) is 6.92 Å². The average molecular weight is 222 g/mol. The van der Waals surface area contributed by atoms with E-state index in [4.69, 9.17) is 5.73 Å². The summed E-state index contributed by atoms with van der Waals surface area (Å²) in [6.45, 7) is 2.44. The third-order valence-electron chi connectivity index (χ3n) is 2.70. The van der Waals surface area contributed by atoms with E-state index >= 15 is 0 Å². The maximum Gasteiger partial charge on any atom is 0.136 e. The van der Waals surface area contributed by atoms with Crippen LogP contribution in [0.25, 0.3) is 0 Å². The van der Waals surface area contributed by atoms with Crippen LogP contribution in [-0.4, -0.2) is 27.7 Å². The van der Waals surface area contributed by atoms with Gasteiger partial charge in [0.25, 0.3) is 0 Å². The second kappa shape index (κ2) is 4.65. The molecule has 1 aliphatic carbocycles. The van der Waals surface area contributed by atoms with Crippen LogP contribution < -0.4 is 11.1 Å². The van der Waals surface area contributed by atoms with E-state index in [1.54, 1.807) is 6.07 Å². The van der Waals surface area contributed by atoms with Crippen LogP contribution in [0.4, 0.5) is 11.6 Å². The summed E-state index contributed by atoms with van der Waals surface area (Å²) in [4.78, 5) is 8.60. The maximum absolute atomic E-state index is 9.44. The van der Waals surface area contributed by atoms with Crippen LogP contribution in [0.1, 0.15) is 37.9 Å². The summed E-state index contributed by atoms with van der Waals surface area (Å²) in [6, 6.07) is 1.70. The van der Waals surface area contributed by atoms with Gasteiger partial charge in [-0.25, -0.2) is 9.97 Å². The van der Waals surface area contributed by atoms with Crippen LogP contribution in [0.15, 0.2) is 6.07 Å². The van der Waals surface area contributed by atoms with Gasteiger partial charge < -0.3 is 16.2 Å². The zero-order chi connectivity index (χ0) is 11.5. The first-order valence-corrected chi connectivity index (χ1v) is 5.75. The molecule has 1 saturated carbocycles. The molecular weight excluding hydrogens is 204 g/mol. The molecule has 0 aromatic carbocycles. The molecular formula is C11H18N4O. The summed E-state index contributed by atoms with van der Waals surface area (Å²) in [7, 11) is 0. The normalized spacial score (nSPS) is 17.1. The molecule has 16 heavy (non-hydrogen) atoms. The monoisotopic (exact) mass is 222 g/mol. The van der Waals surface area contributed by atoms with E-state index < -0.39 is 0 Å². The Morgan fingerprint density at radius 1 is 1.56 bits per heavy atom. The van der Waals surface area contributed by atoms with E-state index in [2.05, 4.69) is 15.3 Å². The van der Waals surface area contributed by atoms with E-state index in [0.717, 1.165) is 25.1 Å². The molecule has 0 saturated heterocycles. The molecule has 0 spiro atoms. The Labute approximate surface area is 95.1 Å². The number of aliphatic hydroxyl groups excluding tert-OH is 1. The van der Waals surface area contributed by atoms with Crippen LogP contribution in [-0.2, 0) is 0 Å². The van der Waals surface area contributed by atoms with Crippen molar-refractivity contribution in [3.8, 4) is 0 Å². The molecule has 1 unspecified atom stereocenters. The fourth-order valence-corrected chi connectivity index (χ4v) is 1.47. The maximum atomic E-state index is 9.44. The largest absolute Gasteiger partial charge is 0.391 e. The number of nitrogen functional groups attached to an aromatic ring is 1. The molecule has 0 bridgehead atoms. The molecule has 1 aromatic heterocycles. The number of nitrogens with zero attached hydrogens (tertiary/aromatic N) is 2. The Morgan fingerprint density at radius 3 is 2.94 bits per heavy atom. The van der Waals surface area contributed by atoms with Gasteiger partial charge in [0, 0.05) is 18.5 Å². The lowest BCUT2D eigenvalue weighted by molar-refractivity contribution is 0.183. The van der Waals surface area contributed by atoms with E-state index in [0.29, 0.717) is 24.1 Å². The van der Waals surface area contributed by atoms with Gasteiger partial charge in [0.15, 0.2) is 0 Å². The molecule has 4 N–H and O–H groups in total. The second-order valence-corrected chi connectivity index (χ2v) is 4.25. The standard InChI is InChI=1S/C11H18N4O/c1-2-8(16)6-13-10-5-9(12)14-11(15-10)7-3-4-7/h5,7-8,16H,2-4,6H2,1H3,(H3,12,13,14,15). The molecule has 88 valence electrons. The lowest BCUT2D eigenvalue weighted by Crippen LogP contribution is -2.19. The first-order valence-electron chi connectivity index (χ1n) is 5.75. The lowest BCUT2D eigenvalue weighted by atomic mass is 10.3. The molecule has 1 aliphatic rings. The van der Waals surface area contributed by atoms with Gasteiger partial charge in [0.1, 0.15) is 17.5 Å².